The van der Waals surface area contributed by atoms with E-state index < -0.39 is 0 Å². The fourth-order valence-corrected chi connectivity index (χ4v) is 1.22. The summed E-state index contributed by atoms with van der Waals surface area (Å²) in [6, 6.07) is 6.80. The van der Waals surface area contributed by atoms with Gasteiger partial charge < -0.3 is 5.11 Å². The minimum atomic E-state index is 0.129. The third-order valence-corrected chi connectivity index (χ3v) is 2.48. The monoisotopic (exact) mass is 192 g/mol. The van der Waals surface area contributed by atoms with Crippen molar-refractivity contribution in [3.63, 3.8) is 0 Å². The molecule has 0 amide bonds. The van der Waals surface area contributed by atoms with Gasteiger partial charge in [-0.25, -0.2) is 0 Å². The molecule has 1 N–H and O–H groups in total. The molecule has 76 valence electrons. The van der Waals surface area contributed by atoms with Crippen LogP contribution >= 0.6 is 0 Å². The van der Waals surface area contributed by atoms with Crippen LogP contribution in [0.1, 0.15) is 25.8 Å². The van der Waals surface area contributed by atoms with Crippen LogP contribution in [0.4, 0.5) is 0 Å². The highest BCUT2D eigenvalue weighted by atomic mass is 16.3. The lowest BCUT2D eigenvalue weighted by Gasteiger charge is -2.06. The van der Waals surface area contributed by atoms with E-state index in [-0.39, 0.29) is 17.5 Å². The summed E-state index contributed by atoms with van der Waals surface area (Å²) in [5.74, 6) is 0.631. The largest absolute Gasteiger partial charge is 0.508 e. The zero-order valence-electron chi connectivity index (χ0n) is 8.66. The summed E-state index contributed by atoms with van der Waals surface area (Å²) in [4.78, 5) is 11.6. The fourth-order valence-electron chi connectivity index (χ4n) is 1.22. The van der Waals surface area contributed by atoms with Gasteiger partial charge in [-0.1, -0.05) is 26.0 Å². The van der Waals surface area contributed by atoms with Crippen molar-refractivity contribution < 1.29 is 9.90 Å². The van der Waals surface area contributed by atoms with Crippen molar-refractivity contribution in [1.29, 1.82) is 0 Å². The van der Waals surface area contributed by atoms with Crippen LogP contribution in [0.15, 0.2) is 24.3 Å². The van der Waals surface area contributed by atoms with Crippen LogP contribution in [0.2, 0.25) is 0 Å². The smallest absolute Gasteiger partial charge is 0.140 e. The second-order valence-corrected chi connectivity index (χ2v) is 3.62. The number of phenols is 1. The van der Waals surface area contributed by atoms with E-state index in [1.165, 1.54) is 0 Å². The Balaban J connectivity index is 2.60. The van der Waals surface area contributed by atoms with E-state index in [0.29, 0.717) is 6.42 Å². The van der Waals surface area contributed by atoms with Crippen molar-refractivity contribution in [2.24, 2.45) is 5.92 Å². The zero-order valence-corrected chi connectivity index (χ0v) is 8.66. The average Bonchev–Trinajstić information content (AvgIpc) is 2.20. The Morgan fingerprint density at radius 1 is 1.36 bits per heavy atom. The maximum atomic E-state index is 11.6. The molecule has 0 aliphatic carbocycles. The molecule has 0 spiro atoms. The normalized spacial score (nSPS) is 12.4. The van der Waals surface area contributed by atoms with Crippen LogP contribution in [-0.4, -0.2) is 10.9 Å². The molecule has 2 heteroatoms. The quantitative estimate of drug-likeness (QED) is 0.796. The first kappa shape index (κ1) is 10.8. The molecule has 0 heterocycles. The Kier molecular flexibility index (Phi) is 3.69. The number of hydrogen-bond donors (Lipinski definition) is 1. The molecule has 2 nitrogen and oxygen atoms in total. The topological polar surface area (TPSA) is 37.3 Å². The Morgan fingerprint density at radius 2 is 1.93 bits per heavy atom. The molecule has 0 saturated carbocycles. The van der Waals surface area contributed by atoms with Crippen LogP contribution in [0.25, 0.3) is 0 Å². The van der Waals surface area contributed by atoms with Gasteiger partial charge in [0.15, 0.2) is 0 Å². The number of carbonyl (C=O) groups is 1. The van der Waals surface area contributed by atoms with Crippen LogP contribution in [0.5, 0.6) is 5.75 Å². The van der Waals surface area contributed by atoms with Gasteiger partial charge in [0.1, 0.15) is 11.5 Å². The number of Topliss-reactive ketones (excluding diaryl/α,β-unsaturated/α-hetero) is 1. The van der Waals surface area contributed by atoms with Gasteiger partial charge in [0.25, 0.3) is 0 Å². The van der Waals surface area contributed by atoms with Gasteiger partial charge in [0, 0.05) is 12.3 Å². The number of rotatable bonds is 4. The van der Waals surface area contributed by atoms with Crippen molar-refractivity contribution in [2.45, 2.75) is 26.7 Å². The Hall–Kier alpha value is -1.31. The Morgan fingerprint density at radius 3 is 2.43 bits per heavy atom. The summed E-state index contributed by atoms with van der Waals surface area (Å²) >= 11 is 0. The molecular formula is C12H16O2. The van der Waals surface area contributed by atoms with Gasteiger partial charge in [0.05, 0.1) is 0 Å². The summed E-state index contributed by atoms with van der Waals surface area (Å²) < 4.78 is 0. The zero-order chi connectivity index (χ0) is 10.6. The first-order valence-electron chi connectivity index (χ1n) is 4.94. The summed E-state index contributed by atoms with van der Waals surface area (Å²) in [5, 5.41) is 9.06. The lowest BCUT2D eigenvalue weighted by Crippen LogP contribution is -2.12. The summed E-state index contributed by atoms with van der Waals surface area (Å²) in [5.41, 5.74) is 0.966. The van der Waals surface area contributed by atoms with E-state index in [0.717, 1.165) is 12.0 Å². The molecule has 1 aromatic carbocycles. The fraction of sp³-hybridized carbons (Fsp3) is 0.417. The molecule has 0 saturated heterocycles. The molecule has 0 aliphatic heterocycles. The Bertz CT molecular complexity index is 301. The number of carbonyl (C=O) groups excluding carboxylic acids is 1. The van der Waals surface area contributed by atoms with Crippen molar-refractivity contribution in [3.8, 4) is 5.75 Å². The standard InChI is InChI=1S/C12H16O2/c1-3-9(2)12(14)8-10-4-6-11(13)7-5-10/h4-7,9,13H,3,8H2,1-2H3. The molecule has 0 bridgehead atoms. The summed E-state index contributed by atoms with van der Waals surface area (Å²) in [6.45, 7) is 3.96. The molecule has 14 heavy (non-hydrogen) atoms. The number of ketones is 1. The minimum Gasteiger partial charge on any atom is -0.508 e. The van der Waals surface area contributed by atoms with E-state index >= 15 is 0 Å². The molecule has 0 fully saturated rings. The average molecular weight is 192 g/mol. The van der Waals surface area contributed by atoms with Crippen molar-refractivity contribution in [3.05, 3.63) is 29.8 Å². The van der Waals surface area contributed by atoms with E-state index in [1.807, 2.05) is 13.8 Å². The second kappa shape index (κ2) is 4.80. The van der Waals surface area contributed by atoms with Crippen LogP contribution in [-0.2, 0) is 11.2 Å². The third kappa shape index (κ3) is 2.87. The SMILES string of the molecule is CCC(C)C(=O)Cc1ccc(O)cc1. The van der Waals surface area contributed by atoms with Crippen molar-refractivity contribution in [1.82, 2.24) is 0 Å². The van der Waals surface area contributed by atoms with E-state index in [2.05, 4.69) is 0 Å². The number of aromatic hydroxyl groups is 1. The maximum Gasteiger partial charge on any atom is 0.140 e. The van der Waals surface area contributed by atoms with E-state index in [4.69, 9.17) is 5.11 Å². The van der Waals surface area contributed by atoms with E-state index in [9.17, 15) is 4.79 Å². The van der Waals surface area contributed by atoms with Gasteiger partial charge in [-0.15, -0.1) is 0 Å². The molecule has 0 aromatic heterocycles. The number of benzene rings is 1. The minimum absolute atomic E-state index is 0.129. The van der Waals surface area contributed by atoms with Gasteiger partial charge >= 0.3 is 0 Å². The van der Waals surface area contributed by atoms with Crippen molar-refractivity contribution in [2.75, 3.05) is 0 Å². The molecule has 1 aromatic rings. The van der Waals surface area contributed by atoms with Crippen LogP contribution < -0.4 is 0 Å². The Labute approximate surface area is 84.6 Å². The van der Waals surface area contributed by atoms with Crippen LogP contribution in [0, 0.1) is 5.92 Å². The third-order valence-electron chi connectivity index (χ3n) is 2.48. The number of hydrogen-bond acceptors (Lipinski definition) is 2. The second-order valence-electron chi connectivity index (χ2n) is 3.62. The molecule has 0 radical (unpaired) electrons. The van der Waals surface area contributed by atoms with Crippen LogP contribution in [0.3, 0.4) is 0 Å². The van der Waals surface area contributed by atoms with Gasteiger partial charge in [-0.2, -0.15) is 0 Å². The van der Waals surface area contributed by atoms with Gasteiger partial charge in [-0.3, -0.25) is 4.79 Å². The lowest BCUT2D eigenvalue weighted by atomic mass is 9.97. The predicted molar refractivity (Wildman–Crippen MR) is 56.3 cm³/mol. The van der Waals surface area contributed by atoms with E-state index in [1.54, 1.807) is 24.3 Å². The number of phenolic OH excluding ortho intramolecular Hbond substituents is 1. The molecule has 1 rings (SSSR count). The summed E-state index contributed by atoms with van der Waals surface area (Å²) in [6.07, 6.45) is 1.35. The van der Waals surface area contributed by atoms with Crippen molar-refractivity contribution >= 4 is 5.78 Å². The first-order chi connectivity index (χ1) is 6.63. The first-order valence-corrected chi connectivity index (χ1v) is 4.94. The molecule has 1 unspecified atom stereocenters. The molecule has 0 aliphatic rings. The highest BCUT2D eigenvalue weighted by Gasteiger charge is 2.10. The van der Waals surface area contributed by atoms with Gasteiger partial charge in [0.2, 0.25) is 0 Å². The predicted octanol–water partition coefficient (Wildman–Crippen LogP) is 2.55. The summed E-state index contributed by atoms with van der Waals surface area (Å²) in [7, 11) is 0. The highest BCUT2D eigenvalue weighted by Crippen LogP contribution is 2.12. The van der Waals surface area contributed by atoms with Gasteiger partial charge in [-0.05, 0) is 24.1 Å². The highest BCUT2D eigenvalue weighted by molar-refractivity contribution is 5.82. The molecule has 1 atom stereocenters. The lowest BCUT2D eigenvalue weighted by molar-refractivity contribution is -0.121. The maximum absolute atomic E-state index is 11.6. The molecular weight excluding hydrogens is 176 g/mol.